The van der Waals surface area contributed by atoms with E-state index in [0.717, 1.165) is 23.6 Å². The van der Waals surface area contributed by atoms with Crippen molar-refractivity contribution in [3.63, 3.8) is 0 Å². The average Bonchev–Trinajstić information content (AvgIpc) is 2.82. The summed E-state index contributed by atoms with van der Waals surface area (Å²) in [5.41, 5.74) is -0.264. The van der Waals surface area contributed by atoms with Crippen LogP contribution in [0.5, 0.6) is 0 Å². The third kappa shape index (κ3) is 2.12. The second kappa shape index (κ2) is 4.04. The van der Waals surface area contributed by atoms with Crippen molar-refractivity contribution in [2.75, 3.05) is 6.54 Å². The van der Waals surface area contributed by atoms with Gasteiger partial charge in [0.2, 0.25) is 11.7 Å². The van der Waals surface area contributed by atoms with Crippen LogP contribution in [-0.2, 0) is 4.79 Å². The number of urea groups is 1. The number of nitrogens with one attached hydrogen (secondary N) is 1. The number of carbonyl (C=O) groups excluding carboxylic acids is 2. The zero-order chi connectivity index (χ0) is 12.4. The van der Waals surface area contributed by atoms with Crippen molar-refractivity contribution in [3.8, 4) is 0 Å². The highest BCUT2D eigenvalue weighted by Crippen LogP contribution is 2.17. The van der Waals surface area contributed by atoms with Crippen LogP contribution in [0.2, 0.25) is 0 Å². The molecular weight excluding hydrogens is 232 g/mol. The predicted molar refractivity (Wildman–Crippen MR) is 53.2 cm³/mol. The number of nitrogens with zero attached hydrogens (tertiary/aromatic N) is 3. The molecule has 1 saturated heterocycles. The molecule has 2 heterocycles. The highest BCUT2D eigenvalue weighted by molar-refractivity contribution is 6.02. The molecule has 9 nitrogen and oxygen atoms in total. The molecule has 3 amide bonds. The van der Waals surface area contributed by atoms with E-state index in [-0.39, 0.29) is 18.0 Å². The molecule has 2 rings (SSSR count). The Hall–Kier alpha value is -2.71. The third-order valence-corrected chi connectivity index (χ3v) is 1.96. The van der Waals surface area contributed by atoms with Crippen LogP contribution in [0, 0.1) is 10.1 Å². The van der Waals surface area contributed by atoms with E-state index in [9.17, 15) is 19.7 Å². The standard InChI is InChI=1S/C8H6N4O5/c13-7-4-11(8(14)10-7)9-3-6-5(12(15)16)1-2-17-6/h1-3H,4H2,(H,10,13,14)/b9-3+. The van der Waals surface area contributed by atoms with E-state index in [2.05, 4.69) is 5.10 Å². The van der Waals surface area contributed by atoms with E-state index in [1.807, 2.05) is 5.32 Å². The van der Waals surface area contributed by atoms with Gasteiger partial charge in [0.25, 0.3) is 0 Å². The number of nitro groups is 1. The molecule has 1 aromatic heterocycles. The molecule has 0 spiro atoms. The van der Waals surface area contributed by atoms with Crippen LogP contribution < -0.4 is 5.32 Å². The third-order valence-electron chi connectivity index (χ3n) is 1.96. The highest BCUT2D eigenvalue weighted by atomic mass is 16.6. The van der Waals surface area contributed by atoms with Crippen LogP contribution in [0.3, 0.4) is 0 Å². The van der Waals surface area contributed by atoms with Crippen molar-refractivity contribution in [2.24, 2.45) is 5.10 Å². The monoisotopic (exact) mass is 238 g/mol. The minimum atomic E-state index is -0.680. The number of rotatable bonds is 3. The van der Waals surface area contributed by atoms with Crippen molar-refractivity contribution in [3.05, 3.63) is 28.2 Å². The lowest BCUT2D eigenvalue weighted by atomic mass is 10.4. The zero-order valence-corrected chi connectivity index (χ0v) is 8.32. The van der Waals surface area contributed by atoms with Crippen LogP contribution in [0.1, 0.15) is 5.76 Å². The van der Waals surface area contributed by atoms with E-state index < -0.39 is 16.9 Å². The molecule has 88 valence electrons. The molecule has 9 heteroatoms. The Kier molecular flexibility index (Phi) is 2.57. The first kappa shape index (κ1) is 10.8. The summed E-state index contributed by atoms with van der Waals surface area (Å²) in [5, 5.41) is 17.0. The van der Waals surface area contributed by atoms with E-state index in [1.165, 1.54) is 0 Å². The fourth-order valence-corrected chi connectivity index (χ4v) is 1.21. The van der Waals surface area contributed by atoms with Crippen LogP contribution in [0.4, 0.5) is 10.5 Å². The molecule has 0 aromatic carbocycles. The van der Waals surface area contributed by atoms with Gasteiger partial charge in [0.15, 0.2) is 0 Å². The number of hydrogen-bond donors (Lipinski definition) is 1. The van der Waals surface area contributed by atoms with Gasteiger partial charge in [-0.3, -0.25) is 20.2 Å². The van der Waals surface area contributed by atoms with Crippen molar-refractivity contribution in [1.82, 2.24) is 10.3 Å². The van der Waals surface area contributed by atoms with Gasteiger partial charge in [0.05, 0.1) is 23.5 Å². The van der Waals surface area contributed by atoms with Crippen molar-refractivity contribution in [1.29, 1.82) is 0 Å². The summed E-state index contributed by atoms with van der Waals surface area (Å²) in [6.07, 6.45) is 2.14. The van der Waals surface area contributed by atoms with Crippen LogP contribution in [0.15, 0.2) is 21.8 Å². The topological polar surface area (TPSA) is 118 Å². The first-order chi connectivity index (χ1) is 8.08. The summed E-state index contributed by atoms with van der Waals surface area (Å²) >= 11 is 0. The molecule has 1 fully saturated rings. The number of furan rings is 1. The maximum Gasteiger partial charge on any atom is 0.344 e. The molecule has 17 heavy (non-hydrogen) atoms. The lowest BCUT2D eigenvalue weighted by molar-refractivity contribution is -0.385. The number of hydrogen-bond acceptors (Lipinski definition) is 6. The maximum absolute atomic E-state index is 11.1. The van der Waals surface area contributed by atoms with Gasteiger partial charge in [-0.2, -0.15) is 5.10 Å². The lowest BCUT2D eigenvalue weighted by Crippen LogP contribution is -2.24. The zero-order valence-electron chi connectivity index (χ0n) is 8.32. The molecule has 0 bridgehead atoms. The number of hydrazone groups is 1. The van der Waals surface area contributed by atoms with E-state index >= 15 is 0 Å². The molecule has 0 unspecified atom stereocenters. The summed E-state index contributed by atoms with van der Waals surface area (Å²) < 4.78 is 4.81. The summed E-state index contributed by atoms with van der Waals surface area (Å²) in [7, 11) is 0. The van der Waals surface area contributed by atoms with Crippen molar-refractivity contribution < 1.29 is 18.9 Å². The van der Waals surface area contributed by atoms with Gasteiger partial charge in [-0.25, -0.2) is 9.80 Å². The first-order valence-corrected chi connectivity index (χ1v) is 4.45. The second-order valence-corrected chi connectivity index (χ2v) is 3.08. The Morgan fingerprint density at radius 2 is 2.35 bits per heavy atom. The quantitative estimate of drug-likeness (QED) is 0.346. The van der Waals surface area contributed by atoms with Gasteiger partial charge in [-0.1, -0.05) is 0 Å². The highest BCUT2D eigenvalue weighted by Gasteiger charge is 2.26. The molecule has 0 radical (unpaired) electrons. The summed E-state index contributed by atoms with van der Waals surface area (Å²) in [6, 6.07) is 0.483. The molecule has 0 atom stereocenters. The van der Waals surface area contributed by atoms with Gasteiger partial charge in [-0.05, 0) is 0 Å². The largest absolute Gasteiger partial charge is 0.456 e. The minimum Gasteiger partial charge on any atom is -0.456 e. The Balaban J connectivity index is 2.15. The van der Waals surface area contributed by atoms with Crippen LogP contribution in [0.25, 0.3) is 0 Å². The minimum absolute atomic E-state index is 0.0952. The number of carbonyl (C=O) groups is 2. The molecule has 1 N–H and O–H groups in total. The Labute approximate surface area is 93.8 Å². The van der Waals surface area contributed by atoms with Gasteiger partial charge < -0.3 is 4.42 Å². The van der Waals surface area contributed by atoms with E-state index in [0.29, 0.717) is 0 Å². The van der Waals surface area contributed by atoms with Crippen LogP contribution >= 0.6 is 0 Å². The Morgan fingerprint density at radius 3 is 2.94 bits per heavy atom. The molecule has 0 aliphatic carbocycles. The van der Waals surface area contributed by atoms with Gasteiger partial charge in [-0.15, -0.1) is 0 Å². The fraction of sp³-hybridized carbons (Fsp3) is 0.125. The Morgan fingerprint density at radius 1 is 1.59 bits per heavy atom. The molecule has 0 saturated carbocycles. The lowest BCUT2D eigenvalue weighted by Gasteiger charge is -2.02. The summed E-state index contributed by atoms with van der Waals surface area (Å²) in [5.74, 6) is -0.580. The summed E-state index contributed by atoms with van der Waals surface area (Å²) in [6.45, 7) is -0.218. The molecule has 1 aromatic rings. The smallest absolute Gasteiger partial charge is 0.344 e. The van der Waals surface area contributed by atoms with E-state index in [1.54, 1.807) is 0 Å². The van der Waals surface area contributed by atoms with Crippen molar-refractivity contribution in [2.45, 2.75) is 0 Å². The number of imide groups is 1. The van der Waals surface area contributed by atoms with Crippen LogP contribution in [-0.4, -0.2) is 34.6 Å². The van der Waals surface area contributed by atoms with Gasteiger partial charge >= 0.3 is 11.7 Å². The summed E-state index contributed by atoms with van der Waals surface area (Å²) in [4.78, 5) is 31.8. The van der Waals surface area contributed by atoms with Gasteiger partial charge in [0.1, 0.15) is 6.54 Å². The SMILES string of the molecule is O=C1CN(/N=C/c2occc2[N+](=O)[O-])C(=O)N1. The maximum atomic E-state index is 11.1. The van der Waals surface area contributed by atoms with E-state index in [4.69, 9.17) is 4.42 Å². The Bertz CT molecular complexity index is 520. The first-order valence-electron chi connectivity index (χ1n) is 4.45. The molecule has 1 aliphatic rings. The molecule has 1 aliphatic heterocycles. The van der Waals surface area contributed by atoms with Crippen molar-refractivity contribution >= 4 is 23.8 Å². The van der Waals surface area contributed by atoms with Gasteiger partial charge in [0, 0.05) is 0 Å². The molecular formula is C8H6N4O5. The normalized spacial score (nSPS) is 15.6. The average molecular weight is 238 g/mol. The predicted octanol–water partition coefficient (Wildman–Crippen LogP) is 0.0735. The fourth-order valence-electron chi connectivity index (χ4n) is 1.21. The second-order valence-electron chi connectivity index (χ2n) is 3.08. The number of amides is 3.